The summed E-state index contributed by atoms with van der Waals surface area (Å²) in [5.74, 6) is -4.10. The molecule has 0 aliphatic carbocycles. The molecule has 0 radical (unpaired) electrons. The molecule has 0 spiro atoms. The molecule has 2 saturated heterocycles. The Morgan fingerprint density at radius 2 is 0.934 bits per heavy atom. The van der Waals surface area contributed by atoms with E-state index in [2.05, 4.69) is 0 Å². The number of aliphatic hydroxyl groups is 10. The SMILES string of the molecule is C/C=C1/[C@H](O[C@@H]2O[C@H](CO)[C@@H](O)[C@H](O)[C@H]2O)OC=C(C(=O)OC)[C@H]1CC(O)OCCc1ccc(O)c(O)c1.C/C=C1/[C@H](O[C@@H]2O[C@H](CO)[C@@H](O)[C@H](O)[C@H]2O)OC=C(C(=O)OC)[C@H]1CC(O)OCCc1ccc(O)c(O)c1. The van der Waals surface area contributed by atoms with Gasteiger partial charge in [-0.05, 0) is 62.1 Å². The molecule has 0 bridgehead atoms. The van der Waals surface area contributed by atoms with Crippen LogP contribution in [0.1, 0.15) is 37.8 Å². The summed E-state index contributed by atoms with van der Waals surface area (Å²) in [4.78, 5) is 24.9. The minimum absolute atomic E-state index is 0.0574. The summed E-state index contributed by atoms with van der Waals surface area (Å²) >= 11 is 0. The molecular weight excluding hydrogens is 1020 g/mol. The van der Waals surface area contributed by atoms with Crippen LogP contribution in [0, 0.1) is 11.8 Å². The number of carbonyl (C=O) groups excluding carboxylic acids is 2. The van der Waals surface area contributed by atoms with Gasteiger partial charge in [0.15, 0.2) is 48.2 Å². The molecular formula is C50H68O26. The van der Waals surface area contributed by atoms with Crippen molar-refractivity contribution in [3.05, 3.63) is 94.5 Å². The first-order valence-electron chi connectivity index (χ1n) is 23.9. The molecule has 0 saturated carbocycles. The van der Waals surface area contributed by atoms with E-state index in [1.807, 2.05) is 0 Å². The molecule has 424 valence electrons. The fourth-order valence-electron chi connectivity index (χ4n) is 8.53. The Labute approximate surface area is 435 Å². The Kier molecular flexibility index (Phi) is 23.2. The molecule has 0 amide bonds. The van der Waals surface area contributed by atoms with Crippen LogP contribution in [0.5, 0.6) is 23.0 Å². The highest BCUT2D eigenvalue weighted by Crippen LogP contribution is 2.39. The number of ether oxygens (including phenoxy) is 10. The van der Waals surface area contributed by atoms with Gasteiger partial charge in [-0.1, -0.05) is 24.3 Å². The maximum Gasteiger partial charge on any atom is 0.337 e. The van der Waals surface area contributed by atoms with Crippen LogP contribution < -0.4 is 0 Å². The summed E-state index contributed by atoms with van der Waals surface area (Å²) in [6.45, 7) is 2.11. The van der Waals surface area contributed by atoms with Crippen molar-refractivity contribution in [2.75, 3.05) is 40.6 Å². The van der Waals surface area contributed by atoms with E-state index in [1.54, 1.807) is 38.1 Å². The number of hydrogen-bond donors (Lipinski definition) is 14. The Balaban J connectivity index is 0.000000281. The molecule has 2 fully saturated rings. The lowest BCUT2D eigenvalue weighted by molar-refractivity contribution is -0.328. The monoisotopic (exact) mass is 1080 g/mol. The van der Waals surface area contributed by atoms with Gasteiger partial charge in [0.05, 0.1) is 64.3 Å². The van der Waals surface area contributed by atoms with Crippen LogP contribution in [0.25, 0.3) is 0 Å². The number of benzene rings is 2. The van der Waals surface area contributed by atoms with Gasteiger partial charge in [-0.2, -0.15) is 0 Å². The Hall–Kier alpha value is -5.50. The van der Waals surface area contributed by atoms with Gasteiger partial charge in [-0.3, -0.25) is 0 Å². The van der Waals surface area contributed by atoms with Crippen molar-refractivity contribution in [2.24, 2.45) is 11.8 Å². The largest absolute Gasteiger partial charge is 0.504 e. The molecule has 26 nitrogen and oxygen atoms in total. The molecule has 4 aliphatic heterocycles. The fourth-order valence-corrected chi connectivity index (χ4v) is 8.53. The lowest BCUT2D eigenvalue weighted by atomic mass is 9.86. The van der Waals surface area contributed by atoms with E-state index in [0.29, 0.717) is 35.1 Å². The molecule has 2 aromatic rings. The number of phenols is 4. The van der Waals surface area contributed by atoms with Gasteiger partial charge < -0.3 is 119 Å². The van der Waals surface area contributed by atoms with Gasteiger partial charge >= 0.3 is 11.9 Å². The number of allylic oxidation sites excluding steroid dienone is 2. The fraction of sp³-hybridized carbons (Fsp3) is 0.560. The second kappa shape index (κ2) is 28.8. The van der Waals surface area contributed by atoms with Crippen molar-refractivity contribution in [2.45, 2.75) is 126 Å². The van der Waals surface area contributed by atoms with Crippen molar-refractivity contribution >= 4 is 11.9 Å². The molecule has 6 rings (SSSR count). The number of methoxy groups -OCH3 is 2. The molecule has 2 unspecified atom stereocenters. The molecule has 4 heterocycles. The minimum Gasteiger partial charge on any atom is -0.504 e. The number of hydrogen-bond acceptors (Lipinski definition) is 26. The smallest absolute Gasteiger partial charge is 0.337 e. The normalized spacial score (nSPS) is 31.4. The van der Waals surface area contributed by atoms with E-state index in [4.69, 9.17) is 47.4 Å². The molecule has 16 atom stereocenters. The average Bonchev–Trinajstić information content (AvgIpc) is 3.40. The van der Waals surface area contributed by atoms with Crippen LogP contribution in [0.2, 0.25) is 0 Å². The van der Waals surface area contributed by atoms with Crippen LogP contribution in [0.4, 0.5) is 0 Å². The summed E-state index contributed by atoms with van der Waals surface area (Å²) < 4.78 is 54.0. The third-order valence-corrected chi connectivity index (χ3v) is 12.8. The summed E-state index contributed by atoms with van der Waals surface area (Å²) in [5.41, 5.74) is 2.18. The summed E-state index contributed by atoms with van der Waals surface area (Å²) in [7, 11) is 2.37. The second-order valence-corrected chi connectivity index (χ2v) is 17.7. The van der Waals surface area contributed by atoms with Crippen LogP contribution in [-0.2, 0) is 69.8 Å². The van der Waals surface area contributed by atoms with Crippen LogP contribution in [0.15, 0.2) is 83.4 Å². The van der Waals surface area contributed by atoms with Gasteiger partial charge in [-0.25, -0.2) is 9.59 Å². The van der Waals surface area contributed by atoms with Crippen LogP contribution >= 0.6 is 0 Å². The van der Waals surface area contributed by atoms with Gasteiger partial charge in [0.2, 0.25) is 12.6 Å². The van der Waals surface area contributed by atoms with E-state index in [9.17, 15) is 81.1 Å². The predicted molar refractivity (Wildman–Crippen MR) is 254 cm³/mol. The Bertz CT molecular complexity index is 2170. The van der Waals surface area contributed by atoms with E-state index >= 15 is 0 Å². The standard InChI is InChI=1S/2C25H34O13/c2*1-3-13-14(9-19(29)35-7-6-12-4-5-16(27)17(28)8-12)15(23(33)34-2)11-36-24(13)38-25-22(32)21(31)20(30)18(10-26)37-25/h2*3-5,8,11,14,18-22,24-32H,6-7,9-10H2,1-2H3/b2*13-3+/t2*14-,18+,19?,20+,21-,22+,24-,25-/m00/s1. The van der Waals surface area contributed by atoms with E-state index in [-0.39, 0.29) is 60.2 Å². The molecule has 26 heteroatoms. The number of aromatic hydroxyl groups is 4. The molecule has 14 N–H and O–H groups in total. The van der Waals surface area contributed by atoms with Crippen molar-refractivity contribution in [3.63, 3.8) is 0 Å². The molecule has 4 aliphatic rings. The summed E-state index contributed by atoms with van der Waals surface area (Å²) in [5, 5.41) is 139. The zero-order chi connectivity index (χ0) is 56.0. The topological polar surface area (TPSA) is 410 Å². The number of phenolic OH excluding ortho intramolecular Hbond substituents is 4. The first-order valence-corrected chi connectivity index (χ1v) is 23.9. The Morgan fingerprint density at radius 3 is 1.25 bits per heavy atom. The Morgan fingerprint density at radius 1 is 0.566 bits per heavy atom. The highest BCUT2D eigenvalue weighted by Gasteiger charge is 2.48. The van der Waals surface area contributed by atoms with Gasteiger partial charge in [-0.15, -0.1) is 0 Å². The maximum absolute atomic E-state index is 12.4. The molecule has 2 aromatic carbocycles. The quantitative estimate of drug-likeness (QED) is 0.0305. The van der Waals surface area contributed by atoms with E-state index < -0.39 is 124 Å². The van der Waals surface area contributed by atoms with Crippen molar-refractivity contribution in [1.29, 1.82) is 0 Å². The molecule has 0 aromatic heterocycles. The highest BCUT2D eigenvalue weighted by atomic mass is 16.8. The third kappa shape index (κ3) is 15.4. The summed E-state index contributed by atoms with van der Waals surface area (Å²) in [6, 6.07) is 8.62. The number of esters is 2. The average molecular weight is 1090 g/mol. The first-order chi connectivity index (χ1) is 36.2. The predicted octanol–water partition coefficient (Wildman–Crippen LogP) is -1.68. The number of aliphatic hydroxyl groups excluding tert-OH is 10. The van der Waals surface area contributed by atoms with E-state index in [1.165, 1.54) is 38.5 Å². The van der Waals surface area contributed by atoms with Gasteiger partial charge in [0, 0.05) is 35.8 Å². The second-order valence-electron chi connectivity index (χ2n) is 17.7. The maximum atomic E-state index is 12.4. The lowest BCUT2D eigenvalue weighted by Gasteiger charge is -2.42. The summed E-state index contributed by atoms with van der Waals surface area (Å²) in [6.07, 6.45) is -14.6. The zero-order valence-corrected chi connectivity index (χ0v) is 41.8. The zero-order valence-electron chi connectivity index (χ0n) is 41.8. The lowest BCUT2D eigenvalue weighted by Crippen LogP contribution is -2.60. The van der Waals surface area contributed by atoms with Gasteiger partial charge in [0.25, 0.3) is 0 Å². The van der Waals surface area contributed by atoms with Crippen LogP contribution in [-0.4, -0.2) is 211 Å². The van der Waals surface area contributed by atoms with E-state index in [0.717, 1.165) is 12.5 Å². The first kappa shape index (κ1) is 61.4. The van der Waals surface area contributed by atoms with Gasteiger partial charge in [0.1, 0.15) is 48.8 Å². The minimum atomic E-state index is -1.67. The van der Waals surface area contributed by atoms with Crippen molar-refractivity contribution < 1.29 is 128 Å². The number of carbonyl (C=O) groups is 2. The van der Waals surface area contributed by atoms with Crippen molar-refractivity contribution in [1.82, 2.24) is 0 Å². The third-order valence-electron chi connectivity index (χ3n) is 12.8. The molecule has 76 heavy (non-hydrogen) atoms. The highest BCUT2D eigenvalue weighted by molar-refractivity contribution is 5.90. The number of rotatable bonds is 20. The van der Waals surface area contributed by atoms with Crippen molar-refractivity contribution in [3.8, 4) is 23.0 Å². The van der Waals surface area contributed by atoms with Crippen LogP contribution in [0.3, 0.4) is 0 Å².